The van der Waals surface area contributed by atoms with Crippen LogP contribution in [0.15, 0.2) is 53.5 Å². The summed E-state index contributed by atoms with van der Waals surface area (Å²) in [5, 5.41) is 3.18. The highest BCUT2D eigenvalue weighted by Gasteiger charge is 2.26. The van der Waals surface area contributed by atoms with E-state index >= 15 is 0 Å². The molecule has 1 aromatic heterocycles. The Morgan fingerprint density at radius 2 is 1.93 bits per heavy atom. The van der Waals surface area contributed by atoms with Gasteiger partial charge in [-0.2, -0.15) is 0 Å². The molecule has 0 aliphatic heterocycles. The Hall–Kier alpha value is -3.41. The second-order valence-electron chi connectivity index (χ2n) is 8.11. The van der Waals surface area contributed by atoms with E-state index in [1.807, 2.05) is 55.5 Å². The Morgan fingerprint density at radius 1 is 1.20 bits per heavy atom. The van der Waals surface area contributed by atoms with Gasteiger partial charge in [-0.15, -0.1) is 0 Å². The molecule has 1 heterocycles. The number of para-hydroxylation sites is 1. The monoisotopic (exact) mass is 404 g/mol. The van der Waals surface area contributed by atoms with Crippen LogP contribution in [0.25, 0.3) is 22.2 Å². The number of nitrogens with two attached hydrogens (primary N) is 1. The molecular weight excluding hydrogens is 376 g/mol. The molecule has 0 saturated carbocycles. The lowest BCUT2D eigenvalue weighted by Gasteiger charge is -2.31. The number of carbonyl (C=O) groups is 1. The van der Waals surface area contributed by atoms with Crippen molar-refractivity contribution in [1.82, 2.24) is 10.3 Å². The van der Waals surface area contributed by atoms with Gasteiger partial charge in [0.1, 0.15) is 16.9 Å². The normalized spacial score (nSPS) is 12.3. The third-order valence-corrected chi connectivity index (χ3v) is 5.41. The van der Waals surface area contributed by atoms with Crippen LogP contribution in [-0.4, -0.2) is 23.0 Å². The summed E-state index contributed by atoms with van der Waals surface area (Å²) < 4.78 is 6.39. The summed E-state index contributed by atoms with van der Waals surface area (Å²) in [5.74, 6) is 0.999. The SMILES string of the molecule is Cc1ccccc1-c1cc(N=C(N)NC=O)c2cccc(OC(C)(C)C(C)C)c2n1. The smallest absolute Gasteiger partial charge is 0.213 e. The first-order valence-electron chi connectivity index (χ1n) is 9.96. The highest BCUT2D eigenvalue weighted by molar-refractivity contribution is 5.99. The number of aliphatic imine (C=N–C) groups is 1. The first-order valence-corrected chi connectivity index (χ1v) is 9.96. The number of nitrogens with one attached hydrogen (secondary N) is 1. The summed E-state index contributed by atoms with van der Waals surface area (Å²) in [5.41, 5.74) is 9.64. The molecular formula is C24H28N4O2. The third kappa shape index (κ3) is 4.43. The fraction of sp³-hybridized carbons (Fsp3) is 0.292. The lowest BCUT2D eigenvalue weighted by atomic mass is 9.94. The molecule has 6 heteroatoms. The third-order valence-electron chi connectivity index (χ3n) is 5.41. The van der Waals surface area contributed by atoms with Gasteiger partial charge >= 0.3 is 0 Å². The van der Waals surface area contributed by atoms with Gasteiger partial charge in [0, 0.05) is 10.9 Å². The fourth-order valence-corrected chi connectivity index (χ4v) is 3.00. The second-order valence-corrected chi connectivity index (χ2v) is 8.11. The predicted octanol–water partition coefficient (Wildman–Crippen LogP) is 4.72. The van der Waals surface area contributed by atoms with E-state index in [4.69, 9.17) is 15.5 Å². The zero-order valence-corrected chi connectivity index (χ0v) is 18.1. The summed E-state index contributed by atoms with van der Waals surface area (Å²) in [4.78, 5) is 20.1. The summed E-state index contributed by atoms with van der Waals surface area (Å²) in [6, 6.07) is 15.7. The molecule has 0 unspecified atom stereocenters. The maximum absolute atomic E-state index is 10.8. The van der Waals surface area contributed by atoms with E-state index in [0.717, 1.165) is 22.2 Å². The maximum Gasteiger partial charge on any atom is 0.213 e. The summed E-state index contributed by atoms with van der Waals surface area (Å²) >= 11 is 0. The van der Waals surface area contributed by atoms with Crippen molar-refractivity contribution < 1.29 is 9.53 Å². The molecule has 0 aliphatic rings. The Morgan fingerprint density at radius 3 is 2.60 bits per heavy atom. The molecule has 156 valence electrons. The molecule has 6 nitrogen and oxygen atoms in total. The van der Waals surface area contributed by atoms with Crippen LogP contribution in [0.4, 0.5) is 5.69 Å². The number of aryl methyl sites for hydroxylation is 1. The molecule has 0 bridgehead atoms. The van der Waals surface area contributed by atoms with Crippen LogP contribution >= 0.6 is 0 Å². The van der Waals surface area contributed by atoms with Crippen LogP contribution in [-0.2, 0) is 4.79 Å². The van der Waals surface area contributed by atoms with E-state index in [9.17, 15) is 4.79 Å². The van der Waals surface area contributed by atoms with Crippen molar-refractivity contribution in [3.8, 4) is 17.0 Å². The number of amides is 1. The Kier molecular flexibility index (Phi) is 6.06. The molecule has 1 amide bonds. The number of aromatic nitrogens is 1. The quantitative estimate of drug-likeness (QED) is 0.353. The zero-order chi connectivity index (χ0) is 21.9. The van der Waals surface area contributed by atoms with Gasteiger partial charge in [0.15, 0.2) is 5.96 Å². The maximum atomic E-state index is 10.8. The first kappa shape index (κ1) is 21.3. The summed E-state index contributed by atoms with van der Waals surface area (Å²) in [6.45, 7) is 10.4. The minimum absolute atomic E-state index is 0.0158. The summed E-state index contributed by atoms with van der Waals surface area (Å²) in [7, 11) is 0. The lowest BCUT2D eigenvalue weighted by Crippen LogP contribution is -2.34. The van der Waals surface area contributed by atoms with Crippen LogP contribution < -0.4 is 15.8 Å². The van der Waals surface area contributed by atoms with E-state index in [2.05, 4.69) is 38.0 Å². The fourth-order valence-electron chi connectivity index (χ4n) is 3.00. The van der Waals surface area contributed by atoms with Crippen LogP contribution in [0.1, 0.15) is 33.3 Å². The number of nitrogens with zero attached hydrogens (tertiary/aromatic N) is 2. The zero-order valence-electron chi connectivity index (χ0n) is 18.1. The molecule has 3 N–H and O–H groups in total. The Labute approximate surface area is 177 Å². The first-order chi connectivity index (χ1) is 14.2. The number of ether oxygens (including phenoxy) is 1. The van der Waals surface area contributed by atoms with E-state index in [1.54, 1.807) is 0 Å². The average Bonchev–Trinajstić information content (AvgIpc) is 2.68. The number of hydrogen-bond donors (Lipinski definition) is 2. The number of hydrogen-bond acceptors (Lipinski definition) is 4. The highest BCUT2D eigenvalue weighted by atomic mass is 16.5. The minimum Gasteiger partial charge on any atom is -0.485 e. The number of rotatable bonds is 6. The van der Waals surface area contributed by atoms with Crippen LogP contribution in [0, 0.1) is 12.8 Å². The Balaban J connectivity index is 2.28. The molecule has 0 spiro atoms. The largest absolute Gasteiger partial charge is 0.485 e. The molecule has 0 aliphatic carbocycles. The molecule has 0 fully saturated rings. The van der Waals surface area contributed by atoms with Gasteiger partial charge in [0.05, 0.1) is 11.4 Å². The van der Waals surface area contributed by atoms with Crippen molar-refractivity contribution in [2.75, 3.05) is 0 Å². The van der Waals surface area contributed by atoms with Gasteiger partial charge in [-0.3, -0.25) is 10.1 Å². The van der Waals surface area contributed by atoms with Gasteiger partial charge < -0.3 is 10.5 Å². The number of carbonyl (C=O) groups excluding carboxylic acids is 1. The van der Waals surface area contributed by atoms with Crippen LogP contribution in [0.2, 0.25) is 0 Å². The van der Waals surface area contributed by atoms with Gasteiger partial charge in [0.25, 0.3) is 0 Å². The van der Waals surface area contributed by atoms with E-state index in [-0.39, 0.29) is 11.6 Å². The van der Waals surface area contributed by atoms with Crippen molar-refractivity contribution in [2.24, 2.45) is 16.6 Å². The second kappa shape index (κ2) is 8.53. The van der Waals surface area contributed by atoms with E-state index in [0.29, 0.717) is 29.3 Å². The number of fused-ring (bicyclic) bond motifs is 1. The van der Waals surface area contributed by atoms with Gasteiger partial charge in [0.2, 0.25) is 6.41 Å². The summed E-state index contributed by atoms with van der Waals surface area (Å²) in [6.07, 6.45) is 0.504. The molecule has 30 heavy (non-hydrogen) atoms. The van der Waals surface area contributed by atoms with Gasteiger partial charge in [-0.05, 0) is 44.4 Å². The van der Waals surface area contributed by atoms with Crippen molar-refractivity contribution >= 4 is 29.0 Å². The van der Waals surface area contributed by atoms with Crippen LogP contribution in [0.3, 0.4) is 0 Å². The molecule has 2 aromatic carbocycles. The Bertz CT molecular complexity index is 1100. The van der Waals surface area contributed by atoms with E-state index < -0.39 is 0 Å². The average molecular weight is 405 g/mol. The lowest BCUT2D eigenvalue weighted by molar-refractivity contribution is -0.108. The van der Waals surface area contributed by atoms with Crippen molar-refractivity contribution in [2.45, 2.75) is 40.2 Å². The van der Waals surface area contributed by atoms with Crippen molar-refractivity contribution in [3.05, 3.63) is 54.1 Å². The number of guanidine groups is 1. The topological polar surface area (TPSA) is 89.6 Å². The molecule has 0 saturated heterocycles. The number of pyridine rings is 1. The molecule has 3 aromatic rings. The number of benzene rings is 2. The predicted molar refractivity (Wildman–Crippen MR) is 122 cm³/mol. The van der Waals surface area contributed by atoms with E-state index in [1.165, 1.54) is 0 Å². The van der Waals surface area contributed by atoms with Crippen molar-refractivity contribution in [1.29, 1.82) is 0 Å². The van der Waals surface area contributed by atoms with Gasteiger partial charge in [-0.25, -0.2) is 9.98 Å². The molecule has 0 radical (unpaired) electrons. The van der Waals surface area contributed by atoms with Gasteiger partial charge in [-0.1, -0.05) is 50.2 Å². The molecule has 3 rings (SSSR count). The standard InChI is InChI=1S/C24H28N4O2/c1-15(2)24(4,5)30-21-12-8-11-18-20(28-23(25)26-14-29)13-19(27-22(18)21)17-10-7-6-9-16(17)3/h6-15H,1-5H3,(H3,25,26,27,28,29). The van der Waals surface area contributed by atoms with Crippen LogP contribution in [0.5, 0.6) is 5.75 Å². The van der Waals surface area contributed by atoms with Crippen molar-refractivity contribution in [3.63, 3.8) is 0 Å². The minimum atomic E-state index is -0.379. The molecule has 0 atom stereocenters. The highest BCUT2D eigenvalue weighted by Crippen LogP contribution is 2.37.